The van der Waals surface area contributed by atoms with Gasteiger partial charge in [0.25, 0.3) is 0 Å². The molecule has 0 bridgehead atoms. The minimum absolute atomic E-state index is 0.0179. The number of carbonyl (C=O) groups is 1. The van der Waals surface area contributed by atoms with E-state index < -0.39 is 16.9 Å². The van der Waals surface area contributed by atoms with Crippen LogP contribution < -0.4 is 5.11 Å². The third-order valence-corrected chi connectivity index (χ3v) is 1.95. The Balaban J connectivity index is 2.94. The van der Waals surface area contributed by atoms with E-state index in [9.17, 15) is 20.0 Å². The lowest BCUT2D eigenvalue weighted by Gasteiger charge is -2.05. The van der Waals surface area contributed by atoms with Crippen molar-refractivity contribution in [3.63, 3.8) is 0 Å². The molecule has 0 aromatic heterocycles. The molecule has 1 rings (SSSR count). The molecule has 0 heterocycles. The summed E-state index contributed by atoms with van der Waals surface area (Å²) in [5.41, 5.74) is 0.490. The first kappa shape index (κ1) is 10.2. The van der Waals surface area contributed by atoms with Crippen LogP contribution in [0.5, 0.6) is 0 Å². The van der Waals surface area contributed by atoms with Crippen molar-refractivity contribution in [1.82, 2.24) is 0 Å². The first-order valence-corrected chi connectivity index (χ1v) is 3.97. The quantitative estimate of drug-likeness (QED) is 0.514. The molecule has 1 aromatic carbocycles. The maximum Gasteiger partial charge on any atom is 0.235 e. The molecule has 5 nitrogen and oxygen atoms in total. The summed E-state index contributed by atoms with van der Waals surface area (Å²) < 4.78 is 0. The third-order valence-electron chi connectivity index (χ3n) is 1.95. The second-order valence-corrected chi connectivity index (χ2v) is 2.87. The number of carboxylic acid groups (broad SMARTS) is 1. The number of benzene rings is 1. The summed E-state index contributed by atoms with van der Waals surface area (Å²) in [6.07, 6.45) is 0. The van der Waals surface area contributed by atoms with Gasteiger partial charge in [-0.25, -0.2) is 0 Å². The fourth-order valence-corrected chi connectivity index (χ4v) is 1.02. The standard InChI is InChI=1S/C9H9NO4/c1-6(10(13)14)7-2-4-8(5-3-7)9(11)12/h2-6H,1H3,(H,11,12)/p-1. The van der Waals surface area contributed by atoms with E-state index in [-0.39, 0.29) is 5.56 Å². The van der Waals surface area contributed by atoms with Gasteiger partial charge >= 0.3 is 0 Å². The SMILES string of the molecule is CC(c1ccc(C(=O)[O-])cc1)[N+](=O)[O-]. The van der Waals surface area contributed by atoms with Crippen LogP contribution in [0.25, 0.3) is 0 Å². The average Bonchev–Trinajstić information content (AvgIpc) is 2.16. The van der Waals surface area contributed by atoms with Gasteiger partial charge < -0.3 is 9.90 Å². The van der Waals surface area contributed by atoms with Crippen molar-refractivity contribution in [2.75, 3.05) is 0 Å². The van der Waals surface area contributed by atoms with Crippen LogP contribution in [0, 0.1) is 10.1 Å². The third kappa shape index (κ3) is 2.07. The number of hydrogen-bond donors (Lipinski definition) is 0. The topological polar surface area (TPSA) is 83.3 Å². The van der Waals surface area contributed by atoms with Gasteiger partial charge in [-0.05, 0) is 5.56 Å². The maximum atomic E-state index is 10.4. The van der Waals surface area contributed by atoms with Crippen LogP contribution in [-0.2, 0) is 0 Å². The van der Waals surface area contributed by atoms with E-state index in [1.54, 1.807) is 0 Å². The molecule has 0 aliphatic rings. The van der Waals surface area contributed by atoms with Gasteiger partial charge in [-0.3, -0.25) is 10.1 Å². The Bertz CT molecular complexity index is 358. The summed E-state index contributed by atoms with van der Waals surface area (Å²) in [6, 6.07) is 4.60. The Kier molecular flexibility index (Phi) is 2.81. The molecule has 1 unspecified atom stereocenters. The molecule has 1 atom stereocenters. The van der Waals surface area contributed by atoms with Crippen LogP contribution >= 0.6 is 0 Å². The fraction of sp³-hybridized carbons (Fsp3) is 0.222. The van der Waals surface area contributed by atoms with E-state index in [4.69, 9.17) is 0 Å². The van der Waals surface area contributed by atoms with Gasteiger partial charge in [-0.1, -0.05) is 24.3 Å². The molecule has 14 heavy (non-hydrogen) atoms. The van der Waals surface area contributed by atoms with Gasteiger partial charge in [0.15, 0.2) is 0 Å². The summed E-state index contributed by atoms with van der Waals surface area (Å²) in [7, 11) is 0. The highest BCUT2D eigenvalue weighted by Gasteiger charge is 2.14. The van der Waals surface area contributed by atoms with Crippen LogP contribution in [0.15, 0.2) is 24.3 Å². The molecule has 0 saturated carbocycles. The number of carbonyl (C=O) groups excluding carboxylic acids is 1. The van der Waals surface area contributed by atoms with E-state index >= 15 is 0 Å². The van der Waals surface area contributed by atoms with Crippen LogP contribution in [-0.4, -0.2) is 10.9 Å². The van der Waals surface area contributed by atoms with Crippen molar-refractivity contribution in [2.45, 2.75) is 13.0 Å². The zero-order valence-corrected chi connectivity index (χ0v) is 7.47. The Hall–Kier alpha value is -1.91. The zero-order chi connectivity index (χ0) is 10.7. The average molecular weight is 194 g/mol. The predicted molar refractivity (Wildman–Crippen MR) is 46.2 cm³/mol. The van der Waals surface area contributed by atoms with Crippen LogP contribution in [0.2, 0.25) is 0 Å². The lowest BCUT2D eigenvalue weighted by molar-refractivity contribution is -0.524. The van der Waals surface area contributed by atoms with E-state index in [1.807, 2.05) is 0 Å². The normalized spacial score (nSPS) is 12.1. The lowest BCUT2D eigenvalue weighted by atomic mass is 10.1. The molecule has 1 aromatic rings. The minimum atomic E-state index is -1.29. The van der Waals surface area contributed by atoms with Gasteiger partial charge in [0.05, 0.1) is 5.97 Å². The van der Waals surface area contributed by atoms with Crippen LogP contribution in [0.4, 0.5) is 0 Å². The molecule has 0 N–H and O–H groups in total. The largest absolute Gasteiger partial charge is 0.545 e. The van der Waals surface area contributed by atoms with Crippen molar-refractivity contribution >= 4 is 5.97 Å². The number of carboxylic acids is 1. The molecular formula is C9H8NO4-. The van der Waals surface area contributed by atoms with Gasteiger partial charge in [0.2, 0.25) is 6.04 Å². The number of nitrogens with zero attached hydrogens (tertiary/aromatic N) is 1. The van der Waals surface area contributed by atoms with Crippen molar-refractivity contribution in [2.24, 2.45) is 0 Å². The molecule has 0 aliphatic carbocycles. The monoisotopic (exact) mass is 194 g/mol. The Morgan fingerprint density at radius 2 is 1.86 bits per heavy atom. The molecule has 0 amide bonds. The highest BCUT2D eigenvalue weighted by Crippen LogP contribution is 2.15. The number of nitro groups is 1. The van der Waals surface area contributed by atoms with Crippen molar-refractivity contribution in [1.29, 1.82) is 0 Å². The molecule has 0 spiro atoms. The molecule has 0 radical (unpaired) electrons. The predicted octanol–water partition coefficient (Wildman–Crippen LogP) is 0.388. The Labute approximate surface area is 80.1 Å². The number of aromatic carboxylic acids is 1. The molecular weight excluding hydrogens is 186 g/mol. The first-order chi connectivity index (χ1) is 6.52. The second-order valence-electron chi connectivity index (χ2n) is 2.87. The highest BCUT2D eigenvalue weighted by atomic mass is 16.6. The summed E-state index contributed by atoms with van der Waals surface area (Å²) in [6.45, 7) is 1.44. The first-order valence-electron chi connectivity index (χ1n) is 3.97. The van der Waals surface area contributed by atoms with Crippen molar-refractivity contribution in [3.8, 4) is 0 Å². The summed E-state index contributed by atoms with van der Waals surface area (Å²) in [4.78, 5) is 20.3. The van der Waals surface area contributed by atoms with Crippen molar-refractivity contribution < 1.29 is 14.8 Å². The van der Waals surface area contributed by atoms with E-state index in [0.29, 0.717) is 5.56 Å². The highest BCUT2D eigenvalue weighted by molar-refractivity contribution is 5.85. The number of rotatable bonds is 3. The van der Waals surface area contributed by atoms with E-state index in [0.717, 1.165) is 0 Å². The van der Waals surface area contributed by atoms with Crippen LogP contribution in [0.3, 0.4) is 0 Å². The molecule has 0 fully saturated rings. The molecule has 0 aliphatic heterocycles. The fourth-order valence-electron chi connectivity index (χ4n) is 1.02. The Morgan fingerprint density at radius 1 is 1.36 bits per heavy atom. The summed E-state index contributed by atoms with van der Waals surface area (Å²) in [5.74, 6) is -1.29. The smallest absolute Gasteiger partial charge is 0.235 e. The van der Waals surface area contributed by atoms with Gasteiger partial charge in [-0.2, -0.15) is 0 Å². The minimum Gasteiger partial charge on any atom is -0.545 e. The Morgan fingerprint density at radius 3 is 2.21 bits per heavy atom. The molecule has 5 heteroatoms. The van der Waals surface area contributed by atoms with Gasteiger partial charge in [0.1, 0.15) is 0 Å². The number of hydrogen-bond acceptors (Lipinski definition) is 4. The molecule has 74 valence electrons. The zero-order valence-electron chi connectivity index (χ0n) is 7.47. The van der Waals surface area contributed by atoms with E-state index in [2.05, 4.69) is 0 Å². The lowest BCUT2D eigenvalue weighted by Crippen LogP contribution is -2.22. The van der Waals surface area contributed by atoms with Gasteiger partial charge in [0, 0.05) is 17.4 Å². The maximum absolute atomic E-state index is 10.4. The molecule has 0 saturated heterocycles. The second kappa shape index (κ2) is 3.87. The van der Waals surface area contributed by atoms with E-state index in [1.165, 1.54) is 31.2 Å². The van der Waals surface area contributed by atoms with Crippen molar-refractivity contribution in [3.05, 3.63) is 45.5 Å². The summed E-state index contributed by atoms with van der Waals surface area (Å²) in [5, 5.41) is 20.8. The van der Waals surface area contributed by atoms with Gasteiger partial charge in [-0.15, -0.1) is 0 Å². The van der Waals surface area contributed by atoms with Crippen LogP contribution in [0.1, 0.15) is 28.9 Å². The summed E-state index contributed by atoms with van der Waals surface area (Å²) >= 11 is 0.